The van der Waals surface area contributed by atoms with Crippen LogP contribution in [-0.2, 0) is 45.7 Å². The molecule has 3 heterocycles. The number of rotatable bonds is 19. The van der Waals surface area contributed by atoms with Gasteiger partial charge in [0.05, 0.1) is 30.3 Å². The van der Waals surface area contributed by atoms with Crippen LogP contribution in [-0.4, -0.2) is 81.2 Å². The minimum Gasteiger partial charge on any atom is -0.411 e. The molecular weight excluding hydrogens is 769 g/mol. The highest BCUT2D eigenvalue weighted by molar-refractivity contribution is 7.92. The van der Waals surface area contributed by atoms with Gasteiger partial charge in [0.2, 0.25) is 29.4 Å². The van der Waals surface area contributed by atoms with Crippen LogP contribution in [0.3, 0.4) is 0 Å². The maximum atomic E-state index is 14.9. The lowest BCUT2D eigenvalue weighted by Gasteiger charge is -2.45. The fraction of sp³-hybridized carbons (Fsp3) is 0.511. The van der Waals surface area contributed by atoms with Gasteiger partial charge in [0.25, 0.3) is 0 Å². The molecule has 5 aromatic rings. The first-order valence-electron chi connectivity index (χ1n) is 20.2. The van der Waals surface area contributed by atoms with E-state index in [0.29, 0.717) is 37.7 Å². The van der Waals surface area contributed by atoms with Gasteiger partial charge in [-0.1, -0.05) is 109 Å². The Morgan fingerprint density at radius 1 is 0.737 bits per heavy atom. The number of hydrogen-bond donors (Lipinski definition) is 2. The fourth-order valence-corrected chi connectivity index (χ4v) is 10.0. The first-order valence-corrected chi connectivity index (χ1v) is 23.6. The predicted molar refractivity (Wildman–Crippen MR) is 230 cm³/mol. The van der Waals surface area contributed by atoms with Crippen molar-refractivity contribution in [2.75, 3.05) is 13.2 Å². The second-order valence-electron chi connectivity index (χ2n) is 17.2. The zero-order valence-corrected chi connectivity index (χ0v) is 37.7. The molecule has 0 amide bonds. The van der Waals surface area contributed by atoms with Gasteiger partial charge < -0.3 is 33.0 Å². The first kappa shape index (κ1) is 43.5. The minimum atomic E-state index is -4.10. The summed E-state index contributed by atoms with van der Waals surface area (Å²) in [5, 5.41) is 1.98. The molecule has 3 aromatic carbocycles. The van der Waals surface area contributed by atoms with E-state index in [2.05, 4.69) is 83.6 Å². The van der Waals surface area contributed by atoms with Crippen molar-refractivity contribution in [3.63, 3.8) is 0 Å². The third kappa shape index (κ3) is 10.4. The average molecular weight is 829 g/mol. The van der Waals surface area contributed by atoms with Crippen LogP contribution in [0.25, 0.3) is 21.8 Å². The van der Waals surface area contributed by atoms with Crippen molar-refractivity contribution in [2.45, 2.75) is 127 Å². The number of aromatic amines is 2. The Labute approximate surface area is 344 Å². The predicted octanol–water partition coefficient (Wildman–Crippen LogP) is 9.41. The summed E-state index contributed by atoms with van der Waals surface area (Å²) in [7, 11) is -3.86. The summed E-state index contributed by atoms with van der Waals surface area (Å²) in [6.07, 6.45) is 2.51. The Hall–Kier alpha value is -3.08. The molecule has 4 radical (unpaired) electrons. The molecule has 0 saturated carbocycles. The summed E-state index contributed by atoms with van der Waals surface area (Å²) >= 11 is 0. The van der Waals surface area contributed by atoms with Crippen molar-refractivity contribution in [2.24, 2.45) is 11.8 Å². The third-order valence-corrected chi connectivity index (χ3v) is 16.8. The number of sulfone groups is 1. The number of benzene rings is 3. The molecule has 12 heteroatoms. The Morgan fingerprint density at radius 2 is 1.25 bits per heavy atom. The number of para-hydroxylation sites is 2. The molecular formula is C45H60N2O7SSi2. The first-order chi connectivity index (χ1) is 27.1. The Kier molecular flexibility index (Phi) is 14.1. The molecule has 1 saturated heterocycles. The molecule has 57 heavy (non-hydrogen) atoms. The highest BCUT2D eigenvalue weighted by Crippen LogP contribution is 2.39. The molecule has 1 unspecified atom stereocenters. The summed E-state index contributed by atoms with van der Waals surface area (Å²) in [5.74, 6) is 0.712. The second kappa shape index (κ2) is 18.5. The van der Waals surface area contributed by atoms with E-state index in [1.807, 2.05) is 61.8 Å². The summed E-state index contributed by atoms with van der Waals surface area (Å²) in [5.41, 5.74) is 3.87. The molecule has 5 atom stereocenters. The van der Waals surface area contributed by atoms with E-state index in [4.69, 9.17) is 23.1 Å². The van der Waals surface area contributed by atoms with Crippen LogP contribution in [0.2, 0.25) is 10.1 Å². The van der Waals surface area contributed by atoms with Crippen molar-refractivity contribution < 1.29 is 31.5 Å². The average Bonchev–Trinajstić information content (AvgIpc) is 3.79. The van der Waals surface area contributed by atoms with Gasteiger partial charge in [0.15, 0.2) is 11.7 Å². The number of fused-ring (bicyclic) bond motifs is 2. The highest BCUT2D eigenvalue weighted by Gasteiger charge is 2.49. The SMILES string of the molecule is Cc1ccc(S(=O)(=O)C(OCCc2c[nH]c3ccccc23)[C@H]2O[C@H](OCCc3c[nH]c4ccccc34)[C@H](O[Si]C(C)(C)C(C)C)C[C@@H]2O[Si]C(C)(C)C(C)C)cc1. The standard InChI is InChI=1S/C45H60N2O7SSi2/c1-29(2)44(6,7)56-53-39-26-40(54-57-45(8,9)30(3)4)42(50-24-22-32-27-46-37-16-12-10-14-35(32)37)52-41(39)43(55(48,49)34-20-18-31(5)19-21-34)51-25-23-33-28-47-38-17-13-11-15-36(33)38/h10-21,27-30,39-43,46-47H,22-26H2,1-9H3/t39-,40+,41-,42-,43?/m0/s1. The van der Waals surface area contributed by atoms with Crippen molar-refractivity contribution in [3.05, 3.63) is 102 Å². The molecule has 1 aliphatic heterocycles. The smallest absolute Gasteiger partial charge is 0.237 e. The minimum absolute atomic E-state index is 0.0832. The van der Waals surface area contributed by atoms with E-state index in [1.165, 1.54) is 0 Å². The van der Waals surface area contributed by atoms with E-state index in [9.17, 15) is 8.42 Å². The van der Waals surface area contributed by atoms with Crippen LogP contribution in [0.4, 0.5) is 0 Å². The van der Waals surface area contributed by atoms with Gasteiger partial charge >= 0.3 is 0 Å². The Morgan fingerprint density at radius 3 is 1.79 bits per heavy atom. The lowest BCUT2D eigenvalue weighted by molar-refractivity contribution is -0.268. The molecule has 0 spiro atoms. The highest BCUT2D eigenvalue weighted by atomic mass is 32.2. The van der Waals surface area contributed by atoms with Gasteiger partial charge in [0.1, 0.15) is 6.10 Å². The van der Waals surface area contributed by atoms with Gasteiger partial charge in [0, 0.05) is 40.6 Å². The van der Waals surface area contributed by atoms with Gasteiger partial charge in [-0.15, -0.1) is 0 Å². The number of hydrogen-bond acceptors (Lipinski definition) is 7. The van der Waals surface area contributed by atoms with Crippen LogP contribution in [0, 0.1) is 18.8 Å². The molecule has 0 bridgehead atoms. The van der Waals surface area contributed by atoms with E-state index in [-0.39, 0.29) is 41.1 Å². The quantitative estimate of drug-likeness (QED) is 0.0799. The monoisotopic (exact) mass is 828 g/mol. The van der Waals surface area contributed by atoms with Crippen molar-refractivity contribution in [3.8, 4) is 0 Å². The second-order valence-corrected chi connectivity index (χ2v) is 22.6. The summed E-state index contributed by atoms with van der Waals surface area (Å²) in [6.45, 7) is 20.0. The van der Waals surface area contributed by atoms with Crippen LogP contribution < -0.4 is 0 Å². The number of H-pyrrole nitrogens is 2. The maximum Gasteiger partial charge on any atom is 0.237 e. The molecule has 2 N–H and O–H groups in total. The molecule has 2 aromatic heterocycles. The van der Waals surface area contributed by atoms with E-state index >= 15 is 0 Å². The molecule has 9 nitrogen and oxygen atoms in total. The van der Waals surface area contributed by atoms with E-state index in [0.717, 1.165) is 38.5 Å². The van der Waals surface area contributed by atoms with Crippen LogP contribution in [0.5, 0.6) is 0 Å². The lowest BCUT2D eigenvalue weighted by Crippen LogP contribution is -2.58. The summed E-state index contributed by atoms with van der Waals surface area (Å²) < 4.78 is 63.6. The van der Waals surface area contributed by atoms with Gasteiger partial charge in [-0.2, -0.15) is 0 Å². The number of aryl methyl sites for hydroxylation is 1. The Balaban J connectivity index is 1.34. The summed E-state index contributed by atoms with van der Waals surface area (Å²) in [4.78, 5) is 6.86. The molecule has 1 aliphatic rings. The van der Waals surface area contributed by atoms with E-state index < -0.39 is 39.9 Å². The zero-order chi connectivity index (χ0) is 41.0. The molecule has 306 valence electrons. The summed E-state index contributed by atoms with van der Waals surface area (Å²) in [6, 6.07) is 23.2. The third-order valence-electron chi connectivity index (χ3n) is 11.8. The lowest BCUT2D eigenvalue weighted by atomic mass is 9.99. The van der Waals surface area contributed by atoms with Crippen molar-refractivity contribution in [1.29, 1.82) is 0 Å². The number of aromatic nitrogens is 2. The fourth-order valence-electron chi connectivity index (χ4n) is 6.57. The maximum absolute atomic E-state index is 14.9. The molecule has 6 rings (SSSR count). The van der Waals surface area contributed by atoms with Gasteiger partial charge in [-0.05, 0) is 77.1 Å². The van der Waals surface area contributed by atoms with Crippen molar-refractivity contribution in [1.82, 2.24) is 9.97 Å². The van der Waals surface area contributed by atoms with Crippen LogP contribution in [0.1, 0.15) is 78.5 Å². The van der Waals surface area contributed by atoms with Crippen LogP contribution in [0.15, 0.2) is 90.1 Å². The zero-order valence-electron chi connectivity index (χ0n) is 34.9. The van der Waals surface area contributed by atoms with Crippen LogP contribution >= 0.6 is 0 Å². The van der Waals surface area contributed by atoms with Crippen molar-refractivity contribution >= 4 is 51.2 Å². The molecule has 0 aliphatic carbocycles. The Bertz CT molecular complexity index is 2160. The van der Waals surface area contributed by atoms with E-state index in [1.54, 1.807) is 12.1 Å². The normalized spacial score (nSPS) is 20.3. The number of nitrogens with one attached hydrogen (secondary N) is 2. The largest absolute Gasteiger partial charge is 0.411 e. The number of ether oxygens (including phenoxy) is 3. The van der Waals surface area contributed by atoms with Gasteiger partial charge in [-0.25, -0.2) is 8.42 Å². The van der Waals surface area contributed by atoms with Gasteiger partial charge in [-0.3, -0.25) is 0 Å². The topological polar surface area (TPSA) is 112 Å². The molecule has 1 fully saturated rings.